The number of rotatable bonds is 0. The molecular formula is C8H5Cl4N2O+. The summed E-state index contributed by atoms with van der Waals surface area (Å²) in [5.41, 5.74) is 6.23. The van der Waals surface area contributed by atoms with E-state index in [0.29, 0.717) is 10.3 Å². The van der Waals surface area contributed by atoms with E-state index in [1.165, 1.54) is 6.07 Å². The first-order valence-electron chi connectivity index (χ1n) is 3.95. The fourth-order valence-corrected chi connectivity index (χ4v) is 2.79. The molecule has 0 saturated carbocycles. The Balaban J connectivity index is 2.84. The highest BCUT2D eigenvalue weighted by atomic mass is 35.5. The predicted octanol–water partition coefficient (Wildman–Crippen LogP) is 3.42. The molecule has 1 aromatic rings. The van der Waals surface area contributed by atoms with E-state index in [4.69, 9.17) is 52.1 Å². The van der Waals surface area contributed by atoms with E-state index < -0.39 is 5.00 Å². The molecule has 7 heteroatoms. The lowest BCUT2D eigenvalue weighted by Crippen LogP contribution is -2.32. The van der Waals surface area contributed by atoms with Crippen LogP contribution >= 0.6 is 46.4 Å². The fraction of sp³-hybridized carbons (Fsp3) is 0.250. The molecule has 2 rings (SSSR count). The van der Waals surface area contributed by atoms with E-state index in [9.17, 15) is 4.91 Å². The van der Waals surface area contributed by atoms with Crippen LogP contribution in [0.2, 0.25) is 15.1 Å². The molecule has 0 fully saturated rings. The highest BCUT2D eigenvalue weighted by molar-refractivity contribution is 6.45. The zero-order valence-electron chi connectivity index (χ0n) is 7.23. The molecule has 1 aliphatic heterocycles. The Hall–Kier alpha value is -0.0600. The van der Waals surface area contributed by atoms with Gasteiger partial charge < -0.3 is 5.73 Å². The molecule has 0 amide bonds. The summed E-state index contributed by atoms with van der Waals surface area (Å²) >= 11 is 23.6. The largest absolute Gasteiger partial charge is 0.303 e. The van der Waals surface area contributed by atoms with E-state index >= 15 is 0 Å². The zero-order valence-corrected chi connectivity index (χ0v) is 10.3. The molecule has 1 aliphatic rings. The summed E-state index contributed by atoms with van der Waals surface area (Å²) in [5, 5.41) is 0.574. The van der Waals surface area contributed by atoms with Crippen molar-refractivity contribution in [1.82, 2.24) is 0 Å². The second kappa shape index (κ2) is 3.47. The number of nitroso groups, excluding NO2 is 1. The molecule has 0 spiro atoms. The van der Waals surface area contributed by atoms with Crippen molar-refractivity contribution >= 4 is 52.1 Å². The Labute approximate surface area is 106 Å². The van der Waals surface area contributed by atoms with Crippen molar-refractivity contribution in [3.8, 4) is 0 Å². The predicted molar refractivity (Wildman–Crippen MR) is 61.3 cm³/mol. The van der Waals surface area contributed by atoms with Crippen LogP contribution in [0.15, 0.2) is 6.07 Å². The highest BCUT2D eigenvalue weighted by Gasteiger charge is 2.50. The summed E-state index contributed by atoms with van der Waals surface area (Å²) in [7, 11) is 0. The third-order valence-corrected chi connectivity index (χ3v) is 3.57. The van der Waals surface area contributed by atoms with Crippen LogP contribution in [0.25, 0.3) is 0 Å². The molecule has 80 valence electrons. The van der Waals surface area contributed by atoms with Crippen molar-refractivity contribution in [3.63, 3.8) is 0 Å². The third kappa shape index (κ3) is 1.63. The molecule has 1 heterocycles. The fourth-order valence-electron chi connectivity index (χ4n) is 1.58. The van der Waals surface area contributed by atoms with Crippen molar-refractivity contribution in [2.75, 3.05) is 6.54 Å². The standard InChI is InChI=1S/C8H5Cl4N2O/c9-3-1-4(10)6(11)7-5(3)8(12,13)2-14(7)15/h1H,2,13H2/q+1. The van der Waals surface area contributed by atoms with Gasteiger partial charge in [0, 0.05) is 9.67 Å². The van der Waals surface area contributed by atoms with Crippen LogP contribution in [0.3, 0.4) is 0 Å². The van der Waals surface area contributed by atoms with E-state index in [0.717, 1.165) is 0 Å². The summed E-state index contributed by atoms with van der Waals surface area (Å²) in [6, 6.07) is 1.42. The van der Waals surface area contributed by atoms with Gasteiger partial charge in [-0.2, -0.15) is 0 Å². The van der Waals surface area contributed by atoms with Gasteiger partial charge in [-0.15, -0.1) is 0 Å². The van der Waals surface area contributed by atoms with Crippen molar-refractivity contribution in [3.05, 3.63) is 31.6 Å². The van der Waals surface area contributed by atoms with Gasteiger partial charge in [-0.1, -0.05) is 46.4 Å². The normalized spacial score (nSPS) is 24.5. The number of hydrogen-bond donors (Lipinski definition) is 1. The summed E-state index contributed by atoms with van der Waals surface area (Å²) in [4.78, 5) is 10.2. The van der Waals surface area contributed by atoms with E-state index in [-0.39, 0.29) is 27.3 Å². The van der Waals surface area contributed by atoms with Gasteiger partial charge in [-0.3, -0.25) is 0 Å². The topological polar surface area (TPSA) is 46.1 Å². The molecule has 1 aromatic carbocycles. The highest BCUT2D eigenvalue weighted by Crippen LogP contribution is 2.49. The molecule has 0 aliphatic carbocycles. The molecule has 1 unspecified atom stereocenters. The van der Waals surface area contributed by atoms with Crippen LogP contribution in [-0.2, 0) is 5.00 Å². The second-order valence-electron chi connectivity index (χ2n) is 3.28. The Morgan fingerprint density at radius 3 is 2.53 bits per heavy atom. The monoisotopic (exact) mass is 285 g/mol. The van der Waals surface area contributed by atoms with Crippen LogP contribution in [0.5, 0.6) is 0 Å². The van der Waals surface area contributed by atoms with Gasteiger partial charge in [-0.05, 0) is 6.07 Å². The average Bonchev–Trinajstić information content (AvgIpc) is 2.32. The number of nitrogens with zero attached hydrogens (tertiary/aromatic N) is 1. The molecule has 2 N–H and O–H groups in total. The number of nitrogens with two attached hydrogens (primary N) is 1. The summed E-state index contributed by atoms with van der Waals surface area (Å²) in [6.07, 6.45) is 0. The molecule has 15 heavy (non-hydrogen) atoms. The number of benzene rings is 1. The van der Waals surface area contributed by atoms with Gasteiger partial charge in [-0.25, -0.2) is 0 Å². The van der Waals surface area contributed by atoms with Gasteiger partial charge in [0.25, 0.3) is 5.69 Å². The summed E-state index contributed by atoms with van der Waals surface area (Å²) < 4.78 is 0.600. The molecule has 0 radical (unpaired) electrons. The third-order valence-electron chi connectivity index (χ3n) is 2.19. The molecule has 0 aromatic heterocycles. The van der Waals surface area contributed by atoms with Crippen LogP contribution in [0, 0.1) is 4.91 Å². The minimum Gasteiger partial charge on any atom is -0.303 e. The maximum atomic E-state index is 11.6. The molecular weight excluding hydrogens is 282 g/mol. The van der Waals surface area contributed by atoms with Crippen LogP contribution in [0.1, 0.15) is 5.56 Å². The maximum Gasteiger partial charge on any atom is 0.284 e. The lowest BCUT2D eigenvalue weighted by molar-refractivity contribution is -0.457. The molecule has 0 bridgehead atoms. The Morgan fingerprint density at radius 2 is 1.93 bits per heavy atom. The second-order valence-corrected chi connectivity index (χ2v) is 5.14. The Morgan fingerprint density at radius 1 is 1.33 bits per heavy atom. The summed E-state index contributed by atoms with van der Waals surface area (Å²) in [5.74, 6) is 0. The van der Waals surface area contributed by atoms with Gasteiger partial charge in [0.15, 0.2) is 5.00 Å². The van der Waals surface area contributed by atoms with Gasteiger partial charge in [0.05, 0.1) is 15.6 Å². The Kier molecular flexibility index (Phi) is 2.64. The lowest BCUT2D eigenvalue weighted by atomic mass is 10.1. The first-order chi connectivity index (χ1) is 6.84. The molecule has 3 nitrogen and oxygen atoms in total. The number of fused-ring (bicyclic) bond motifs is 1. The number of halogens is 4. The van der Waals surface area contributed by atoms with Crippen LogP contribution < -0.4 is 5.73 Å². The lowest BCUT2D eigenvalue weighted by Gasteiger charge is -2.11. The van der Waals surface area contributed by atoms with Gasteiger partial charge >= 0.3 is 0 Å². The number of alkyl halides is 1. The van der Waals surface area contributed by atoms with E-state index in [1.54, 1.807) is 0 Å². The van der Waals surface area contributed by atoms with Gasteiger partial charge in [0.1, 0.15) is 5.02 Å². The van der Waals surface area contributed by atoms with Crippen LogP contribution in [0.4, 0.5) is 5.69 Å². The zero-order chi connectivity index (χ0) is 11.4. The van der Waals surface area contributed by atoms with Crippen molar-refractivity contribution in [1.29, 1.82) is 0 Å². The van der Waals surface area contributed by atoms with Crippen molar-refractivity contribution < 1.29 is 4.76 Å². The first kappa shape index (κ1) is 11.4. The minimum atomic E-state index is -1.32. The van der Waals surface area contributed by atoms with Crippen molar-refractivity contribution in [2.24, 2.45) is 5.73 Å². The number of hydrogen-bond acceptors (Lipinski definition) is 2. The average molecular weight is 287 g/mol. The summed E-state index contributed by atoms with van der Waals surface area (Å²) in [6.45, 7) is -0.107. The van der Waals surface area contributed by atoms with Crippen molar-refractivity contribution in [2.45, 2.75) is 5.00 Å². The van der Waals surface area contributed by atoms with E-state index in [2.05, 4.69) is 0 Å². The molecule has 1 atom stereocenters. The molecule has 0 saturated heterocycles. The van der Waals surface area contributed by atoms with Crippen LogP contribution in [-0.4, -0.2) is 11.3 Å². The minimum absolute atomic E-state index is 0.107. The quantitative estimate of drug-likeness (QED) is 0.344. The maximum absolute atomic E-state index is 11.6. The Bertz CT molecular complexity index is 472. The smallest absolute Gasteiger partial charge is 0.284 e. The SMILES string of the molecule is NC1(Cl)C[N+](=O)c2c(Cl)c(Cl)cc(Cl)c21. The van der Waals surface area contributed by atoms with Gasteiger partial charge in [0.2, 0.25) is 6.54 Å². The van der Waals surface area contributed by atoms with E-state index in [1.807, 2.05) is 0 Å². The first-order valence-corrected chi connectivity index (χ1v) is 5.46.